The summed E-state index contributed by atoms with van der Waals surface area (Å²) in [6.07, 6.45) is 2.13. The van der Waals surface area contributed by atoms with Crippen molar-refractivity contribution in [1.29, 1.82) is 0 Å². The van der Waals surface area contributed by atoms with Crippen LogP contribution in [0.2, 0.25) is 0 Å². The first-order valence-electron chi connectivity index (χ1n) is 20.7. The summed E-state index contributed by atoms with van der Waals surface area (Å²) in [5.74, 6) is 0.913. The standard InChI is InChI=1S/C22H27N3O5S.C12H14O3.C10H15N3O3S/c1-15-7-8-16(2)18(13-15)30-22(9-10-22)21(26)24-31(27,28)20-6-4-5-19(23-20)25-11-12-29-14-17(25)3;1-8-3-4-9(2)10(7-8)15-12(5-6-12)11(13)14;1-8-7-16-6-5-13(8)9-3-2-4-10(12-9)17(11,14)15/h4-8,13,17H,9-12,14H2,1-3H3,(H,24,26);3-4,7H,5-6H2,1-2H3,(H,13,14);2-4,8H,5-7H2,1H3,(H2,11,14,15)/t17-;;8-/m0.0/s1. The van der Waals surface area contributed by atoms with Crippen molar-refractivity contribution in [3.05, 3.63) is 95.1 Å². The Morgan fingerprint density at radius 3 is 1.59 bits per heavy atom. The Bertz CT molecular complexity index is 2530. The molecular weight excluding hydrogens is 853 g/mol. The van der Waals surface area contributed by atoms with Gasteiger partial charge < -0.3 is 33.9 Å². The second kappa shape index (κ2) is 19.2. The zero-order valence-corrected chi connectivity index (χ0v) is 38.0. The highest BCUT2D eigenvalue weighted by Crippen LogP contribution is 2.43. The lowest BCUT2D eigenvalue weighted by molar-refractivity contribution is -0.147. The van der Waals surface area contributed by atoms with Gasteiger partial charge in [-0.3, -0.25) is 4.79 Å². The van der Waals surface area contributed by atoms with Gasteiger partial charge in [-0.05, 0) is 100 Å². The number of carboxylic acid groups (broad SMARTS) is 1. The quantitative estimate of drug-likeness (QED) is 0.187. The number of aliphatic carboxylic acids is 1. The molecule has 0 unspecified atom stereocenters. The fraction of sp³-hybridized carbons (Fsp3) is 0.455. The van der Waals surface area contributed by atoms with Crippen molar-refractivity contribution >= 4 is 43.6 Å². The fourth-order valence-electron chi connectivity index (χ4n) is 6.86. The van der Waals surface area contributed by atoms with Gasteiger partial charge in [0.15, 0.2) is 15.7 Å². The number of benzene rings is 2. The summed E-state index contributed by atoms with van der Waals surface area (Å²) >= 11 is 0. The van der Waals surface area contributed by atoms with E-state index in [1.54, 1.807) is 24.3 Å². The van der Waals surface area contributed by atoms with Gasteiger partial charge in [-0.1, -0.05) is 36.4 Å². The Hall–Kier alpha value is -5.34. The van der Waals surface area contributed by atoms with Gasteiger partial charge in [-0.2, -0.15) is 8.42 Å². The lowest BCUT2D eigenvalue weighted by Crippen LogP contribution is -2.45. The van der Waals surface area contributed by atoms with Gasteiger partial charge in [-0.25, -0.2) is 33.0 Å². The van der Waals surface area contributed by atoms with Gasteiger partial charge in [0.2, 0.25) is 5.60 Å². The number of carbonyl (C=O) groups excluding carboxylic acids is 1. The number of anilines is 2. The Morgan fingerprint density at radius 1 is 0.714 bits per heavy atom. The molecule has 4 fully saturated rings. The van der Waals surface area contributed by atoms with E-state index in [-0.39, 0.29) is 22.1 Å². The van der Waals surface area contributed by atoms with Crippen LogP contribution in [-0.4, -0.2) is 107 Å². The van der Waals surface area contributed by atoms with Gasteiger partial charge >= 0.3 is 5.97 Å². The smallest absolute Gasteiger partial charge is 0.348 e. The number of aromatic nitrogens is 2. The molecule has 0 radical (unpaired) electrons. The lowest BCUT2D eigenvalue weighted by Gasteiger charge is -2.34. The number of hydrogen-bond donors (Lipinski definition) is 3. The number of carbonyl (C=O) groups is 2. The maximum absolute atomic E-state index is 12.9. The second-order valence-electron chi connectivity index (χ2n) is 16.4. The highest BCUT2D eigenvalue weighted by atomic mass is 32.2. The highest BCUT2D eigenvalue weighted by Gasteiger charge is 2.55. The summed E-state index contributed by atoms with van der Waals surface area (Å²) in [5, 5.41) is 13.8. The number of pyridine rings is 2. The van der Waals surface area contributed by atoms with Crippen LogP contribution in [0, 0.1) is 27.7 Å². The zero-order chi connectivity index (χ0) is 45.7. The van der Waals surface area contributed by atoms with E-state index < -0.39 is 43.1 Å². The van der Waals surface area contributed by atoms with E-state index in [0.29, 0.717) is 88.3 Å². The molecule has 2 aromatic carbocycles. The third kappa shape index (κ3) is 11.8. The molecule has 0 spiro atoms. The van der Waals surface area contributed by atoms with Gasteiger partial charge in [0.1, 0.15) is 23.1 Å². The van der Waals surface area contributed by atoms with E-state index in [2.05, 4.69) is 14.7 Å². The molecule has 4 aromatic rings. The number of carboxylic acids is 1. The summed E-state index contributed by atoms with van der Waals surface area (Å²) in [6.45, 7) is 15.4. The molecule has 2 atom stereocenters. The molecule has 2 aromatic heterocycles. The average Bonchev–Trinajstić information content (AvgIpc) is 4.19. The van der Waals surface area contributed by atoms with Gasteiger partial charge in [0.25, 0.3) is 26.0 Å². The Morgan fingerprint density at radius 2 is 1.16 bits per heavy atom. The number of morpholine rings is 2. The van der Waals surface area contributed by atoms with E-state index in [4.69, 9.17) is 29.2 Å². The summed E-state index contributed by atoms with van der Waals surface area (Å²) in [7, 11) is -7.89. The molecule has 2 aliphatic heterocycles. The highest BCUT2D eigenvalue weighted by molar-refractivity contribution is 7.90. The van der Waals surface area contributed by atoms with Crippen LogP contribution in [0.25, 0.3) is 0 Å². The number of aryl methyl sites for hydroxylation is 4. The molecule has 0 bridgehead atoms. The van der Waals surface area contributed by atoms with Crippen molar-refractivity contribution in [1.82, 2.24) is 14.7 Å². The number of nitrogens with zero attached hydrogens (tertiary/aromatic N) is 4. The molecule has 340 valence electrons. The predicted octanol–water partition coefficient (Wildman–Crippen LogP) is 4.59. The number of sulfonamides is 2. The lowest BCUT2D eigenvalue weighted by atomic mass is 10.1. The molecule has 1 amide bonds. The minimum absolute atomic E-state index is 0.0782. The van der Waals surface area contributed by atoms with Crippen molar-refractivity contribution in [3.8, 4) is 11.5 Å². The molecule has 8 rings (SSSR count). The molecule has 2 saturated heterocycles. The SMILES string of the molecule is C[C@H]1COCCN1c1cccc(S(N)(=O)=O)n1.Cc1ccc(C)c(OC2(C(=O)NS(=O)(=O)c3cccc(N4CCOC[C@@H]4C)n3)CC2)c1.Cc1ccc(C)c(OC2(C(=O)O)CC2)c1. The van der Waals surface area contributed by atoms with Crippen LogP contribution in [0.3, 0.4) is 0 Å². The maximum atomic E-state index is 12.9. The number of nitrogens with two attached hydrogens (primary N) is 1. The third-order valence-corrected chi connectivity index (χ3v) is 13.1. The minimum Gasteiger partial charge on any atom is -0.478 e. The van der Waals surface area contributed by atoms with Crippen LogP contribution in [0.4, 0.5) is 11.6 Å². The predicted molar refractivity (Wildman–Crippen MR) is 235 cm³/mol. The first kappa shape index (κ1) is 47.1. The zero-order valence-electron chi connectivity index (χ0n) is 36.4. The summed E-state index contributed by atoms with van der Waals surface area (Å²) in [4.78, 5) is 36.2. The molecule has 2 aliphatic carbocycles. The Kier molecular flexibility index (Phi) is 14.4. The Labute approximate surface area is 369 Å². The summed E-state index contributed by atoms with van der Waals surface area (Å²) in [6, 6.07) is 21.4. The number of hydrogen-bond acceptors (Lipinski definition) is 14. The van der Waals surface area contributed by atoms with Crippen molar-refractivity contribution in [2.45, 2.75) is 101 Å². The minimum atomic E-state index is -4.14. The topological polar surface area (TPSA) is 230 Å². The Balaban J connectivity index is 0.000000174. The number of amides is 1. The van der Waals surface area contributed by atoms with Crippen LogP contribution >= 0.6 is 0 Å². The van der Waals surface area contributed by atoms with Gasteiger partial charge in [0.05, 0.1) is 38.5 Å². The largest absolute Gasteiger partial charge is 0.478 e. The molecule has 63 heavy (non-hydrogen) atoms. The molecule has 19 heteroatoms. The third-order valence-electron chi connectivity index (χ3n) is 11.0. The van der Waals surface area contributed by atoms with E-state index >= 15 is 0 Å². The van der Waals surface area contributed by atoms with Crippen molar-refractivity contribution in [3.63, 3.8) is 0 Å². The van der Waals surface area contributed by atoms with Crippen LogP contribution in [-0.2, 0) is 39.1 Å². The van der Waals surface area contributed by atoms with Gasteiger partial charge in [-0.15, -0.1) is 0 Å². The number of primary sulfonamides is 1. The normalized spacial score (nSPS) is 19.9. The molecule has 2 saturated carbocycles. The van der Waals surface area contributed by atoms with Crippen molar-refractivity contribution in [2.24, 2.45) is 5.14 Å². The molecular formula is C44H56N6O11S2. The molecule has 4 N–H and O–H groups in total. The number of ether oxygens (including phenoxy) is 4. The first-order chi connectivity index (χ1) is 29.7. The fourth-order valence-corrected chi connectivity index (χ4v) is 8.35. The van der Waals surface area contributed by atoms with Crippen molar-refractivity contribution < 1.29 is 50.5 Å². The number of nitrogens with one attached hydrogen (secondary N) is 1. The van der Waals surface area contributed by atoms with E-state index in [1.165, 1.54) is 12.1 Å². The molecule has 4 heterocycles. The van der Waals surface area contributed by atoms with Crippen LogP contribution in [0.5, 0.6) is 11.5 Å². The summed E-state index contributed by atoms with van der Waals surface area (Å²) in [5.41, 5.74) is 1.84. The summed E-state index contributed by atoms with van der Waals surface area (Å²) < 4.78 is 72.8. The second-order valence-corrected chi connectivity index (χ2v) is 19.6. The molecule has 4 aliphatic rings. The molecule has 17 nitrogen and oxygen atoms in total. The maximum Gasteiger partial charge on any atom is 0.348 e. The monoisotopic (exact) mass is 908 g/mol. The number of rotatable bonds is 11. The van der Waals surface area contributed by atoms with Crippen molar-refractivity contribution in [2.75, 3.05) is 49.3 Å². The van der Waals surface area contributed by atoms with Gasteiger partial charge in [0, 0.05) is 38.8 Å². The van der Waals surface area contributed by atoms with Crippen LogP contribution in [0.15, 0.2) is 82.8 Å². The van der Waals surface area contributed by atoms with Crippen LogP contribution < -0.4 is 29.1 Å². The van der Waals surface area contributed by atoms with E-state index in [9.17, 15) is 26.4 Å². The average molecular weight is 909 g/mol. The van der Waals surface area contributed by atoms with Crippen LogP contribution in [0.1, 0.15) is 61.8 Å². The van der Waals surface area contributed by atoms with E-state index in [0.717, 1.165) is 22.3 Å². The first-order valence-corrected chi connectivity index (χ1v) is 23.7. The van der Waals surface area contributed by atoms with E-state index in [1.807, 2.05) is 87.7 Å².